The highest BCUT2D eigenvalue weighted by atomic mass is 16.4. The van der Waals surface area contributed by atoms with Gasteiger partial charge in [-0.3, -0.25) is 4.98 Å². The summed E-state index contributed by atoms with van der Waals surface area (Å²) in [6.45, 7) is 0. The van der Waals surface area contributed by atoms with Gasteiger partial charge >= 0.3 is 0 Å². The molecule has 0 radical (unpaired) electrons. The van der Waals surface area contributed by atoms with Gasteiger partial charge in [-0.05, 0) is 88.8 Å². The van der Waals surface area contributed by atoms with E-state index in [1.165, 1.54) is 26.9 Å². The fraction of sp³-hybridized carbons (Fsp3) is 0. The topological polar surface area (TPSA) is 114 Å². The molecule has 10 aromatic rings. The van der Waals surface area contributed by atoms with Crippen LogP contribution in [0.1, 0.15) is 0 Å². The van der Waals surface area contributed by atoms with Gasteiger partial charge in [-0.1, -0.05) is 133 Å². The molecule has 1 aromatic heterocycles. The van der Waals surface area contributed by atoms with Crippen LogP contribution in [0.3, 0.4) is 0 Å². The van der Waals surface area contributed by atoms with Gasteiger partial charge in [0.1, 0.15) is 0 Å². The molecule has 10 rings (SSSR count). The highest BCUT2D eigenvalue weighted by molar-refractivity contribution is 6.24. The highest BCUT2D eigenvalue weighted by Gasteiger charge is 2.28. The summed E-state index contributed by atoms with van der Waals surface area (Å²) < 4.78 is 0. The molecule has 0 aliphatic heterocycles. The molecule has 0 unspecified atom stereocenters. The molecule has 0 aliphatic carbocycles. The first-order valence-electron chi connectivity index (χ1n) is 17.9. The lowest BCUT2D eigenvalue weighted by atomic mass is 9.85. The summed E-state index contributed by atoms with van der Waals surface area (Å²) in [4.78, 5) is 5.12. The van der Waals surface area contributed by atoms with E-state index in [-0.39, 0.29) is 5.56 Å². The first-order chi connectivity index (χ1) is 26.9. The van der Waals surface area contributed by atoms with Crippen molar-refractivity contribution in [2.75, 3.05) is 0 Å². The van der Waals surface area contributed by atoms with Crippen molar-refractivity contribution in [3.63, 3.8) is 0 Å². The normalized spacial score (nSPS) is 11.6. The standard InChI is InChI=1S/C49H31NO5/c51-45-44(46(52)48(54)49(55)47(45)53)43-36-17-9-8-16-35(36)42(37-22-19-29(24-40(37)43)27-10-2-1-3-11-27)41-23-20-30(26-50-41)38-25-39-31-13-5-4-12-28(31)18-21-34(39)32-14-6-7-15-33(32)38/h1-26,51-55H. The fourth-order valence-electron chi connectivity index (χ4n) is 8.26. The molecule has 0 saturated carbocycles. The van der Waals surface area contributed by atoms with E-state index in [1.807, 2.05) is 85.1 Å². The number of pyridine rings is 1. The Morgan fingerprint density at radius 3 is 1.56 bits per heavy atom. The number of fused-ring (bicyclic) bond motifs is 7. The van der Waals surface area contributed by atoms with Gasteiger partial charge in [-0.15, -0.1) is 0 Å². The lowest BCUT2D eigenvalue weighted by Crippen LogP contribution is -1.94. The second-order valence-electron chi connectivity index (χ2n) is 13.8. The Morgan fingerprint density at radius 2 is 0.855 bits per heavy atom. The molecule has 6 heteroatoms. The first-order valence-corrected chi connectivity index (χ1v) is 17.9. The van der Waals surface area contributed by atoms with Crippen LogP contribution >= 0.6 is 0 Å². The second-order valence-corrected chi connectivity index (χ2v) is 13.8. The number of benzene rings is 9. The Hall–Kier alpha value is -7.57. The molecule has 0 bridgehead atoms. The highest BCUT2D eigenvalue weighted by Crippen LogP contribution is 2.58. The molecule has 0 fully saturated rings. The lowest BCUT2D eigenvalue weighted by molar-refractivity contribution is 0.330. The summed E-state index contributed by atoms with van der Waals surface area (Å²) in [5, 5.41) is 64.0. The van der Waals surface area contributed by atoms with E-state index in [9.17, 15) is 25.5 Å². The maximum absolute atomic E-state index is 11.3. The predicted molar refractivity (Wildman–Crippen MR) is 222 cm³/mol. The largest absolute Gasteiger partial charge is 0.504 e. The van der Waals surface area contributed by atoms with Crippen molar-refractivity contribution in [3.05, 3.63) is 158 Å². The Bertz CT molecular complexity index is 3160. The zero-order valence-corrected chi connectivity index (χ0v) is 29.2. The van der Waals surface area contributed by atoms with E-state index in [1.54, 1.807) is 0 Å². The minimum absolute atomic E-state index is 0.204. The number of hydrogen-bond donors (Lipinski definition) is 5. The van der Waals surface area contributed by atoms with E-state index in [2.05, 4.69) is 72.8 Å². The van der Waals surface area contributed by atoms with Crippen LogP contribution in [0.5, 0.6) is 28.7 Å². The first kappa shape index (κ1) is 32.1. The Kier molecular flexibility index (Phi) is 7.15. The molecule has 0 saturated heterocycles. The third-order valence-electron chi connectivity index (χ3n) is 10.8. The SMILES string of the molecule is Oc1c(O)c(O)c(-c2c3ccccc3c(-c3ccc(-c4cc5c6ccccc6ccc5c5ccccc45)cn3)c3ccc(-c4ccccc4)cc23)c(O)c1O. The average molecular weight is 714 g/mol. The summed E-state index contributed by atoms with van der Waals surface area (Å²) in [6.07, 6.45) is 1.91. The van der Waals surface area contributed by atoms with Gasteiger partial charge in [0, 0.05) is 22.9 Å². The summed E-state index contributed by atoms with van der Waals surface area (Å²) in [5.41, 5.74) is 5.59. The number of rotatable bonds is 4. The number of hydrogen-bond acceptors (Lipinski definition) is 6. The monoisotopic (exact) mass is 713 g/mol. The Balaban J connectivity index is 1.24. The number of aromatic nitrogens is 1. The summed E-state index contributed by atoms with van der Waals surface area (Å²) >= 11 is 0. The van der Waals surface area contributed by atoms with Gasteiger partial charge in [0.15, 0.2) is 11.5 Å². The van der Waals surface area contributed by atoms with Crippen LogP contribution < -0.4 is 0 Å². The second kappa shape index (κ2) is 12.3. The van der Waals surface area contributed by atoms with Gasteiger partial charge in [0.25, 0.3) is 0 Å². The predicted octanol–water partition coefficient (Wildman–Crippen LogP) is 12.0. The van der Waals surface area contributed by atoms with Crippen LogP contribution in [-0.4, -0.2) is 30.5 Å². The molecule has 1 heterocycles. The van der Waals surface area contributed by atoms with Gasteiger partial charge in [-0.2, -0.15) is 0 Å². The molecular formula is C49H31NO5. The zero-order chi connectivity index (χ0) is 37.4. The van der Waals surface area contributed by atoms with Crippen LogP contribution in [0.4, 0.5) is 0 Å². The maximum atomic E-state index is 11.3. The molecule has 0 aliphatic rings. The summed E-state index contributed by atoms with van der Waals surface area (Å²) in [6, 6.07) is 51.1. The van der Waals surface area contributed by atoms with Crippen molar-refractivity contribution >= 4 is 53.9 Å². The van der Waals surface area contributed by atoms with E-state index >= 15 is 0 Å². The van der Waals surface area contributed by atoms with E-state index in [0.717, 1.165) is 44.0 Å². The van der Waals surface area contributed by atoms with Crippen LogP contribution in [-0.2, 0) is 0 Å². The quantitative estimate of drug-likeness (QED) is 0.0537. The van der Waals surface area contributed by atoms with E-state index in [4.69, 9.17) is 4.98 Å². The minimum Gasteiger partial charge on any atom is -0.504 e. The maximum Gasteiger partial charge on any atom is 0.208 e. The zero-order valence-electron chi connectivity index (χ0n) is 29.2. The molecule has 262 valence electrons. The van der Waals surface area contributed by atoms with Crippen LogP contribution in [0.2, 0.25) is 0 Å². The van der Waals surface area contributed by atoms with Crippen molar-refractivity contribution in [1.82, 2.24) is 4.98 Å². The molecule has 9 aromatic carbocycles. The third-order valence-corrected chi connectivity index (χ3v) is 10.8. The van der Waals surface area contributed by atoms with Crippen LogP contribution in [0.25, 0.3) is 98.5 Å². The average Bonchev–Trinajstić information content (AvgIpc) is 3.24. The smallest absolute Gasteiger partial charge is 0.208 e. The van der Waals surface area contributed by atoms with Crippen molar-refractivity contribution in [2.45, 2.75) is 0 Å². The van der Waals surface area contributed by atoms with E-state index < -0.39 is 28.7 Å². The molecule has 6 nitrogen and oxygen atoms in total. The van der Waals surface area contributed by atoms with Gasteiger partial charge in [-0.25, -0.2) is 0 Å². The molecule has 0 amide bonds. The van der Waals surface area contributed by atoms with E-state index in [0.29, 0.717) is 22.0 Å². The number of phenolic OH excluding ortho intramolecular Hbond substituents is 5. The number of aromatic hydroxyl groups is 5. The lowest BCUT2D eigenvalue weighted by Gasteiger charge is -2.20. The van der Waals surface area contributed by atoms with Gasteiger partial charge in [0.05, 0.1) is 11.3 Å². The Labute approximate surface area is 314 Å². The minimum atomic E-state index is -1.01. The van der Waals surface area contributed by atoms with Crippen molar-refractivity contribution < 1.29 is 25.5 Å². The molecule has 55 heavy (non-hydrogen) atoms. The summed E-state index contributed by atoms with van der Waals surface area (Å²) in [7, 11) is 0. The van der Waals surface area contributed by atoms with Crippen molar-refractivity contribution in [3.8, 4) is 73.4 Å². The number of nitrogens with zero attached hydrogens (tertiary/aromatic N) is 1. The Morgan fingerprint density at radius 1 is 0.309 bits per heavy atom. The fourth-order valence-corrected chi connectivity index (χ4v) is 8.26. The van der Waals surface area contributed by atoms with Crippen LogP contribution in [0, 0.1) is 0 Å². The molecule has 5 N–H and O–H groups in total. The van der Waals surface area contributed by atoms with Crippen molar-refractivity contribution in [1.29, 1.82) is 0 Å². The summed E-state index contributed by atoms with van der Waals surface area (Å²) in [5.74, 6) is -4.38. The third kappa shape index (κ3) is 4.85. The van der Waals surface area contributed by atoms with Gasteiger partial charge in [0.2, 0.25) is 17.2 Å². The van der Waals surface area contributed by atoms with Crippen molar-refractivity contribution in [2.24, 2.45) is 0 Å². The van der Waals surface area contributed by atoms with Gasteiger partial charge < -0.3 is 25.5 Å². The van der Waals surface area contributed by atoms with Crippen LogP contribution in [0.15, 0.2) is 158 Å². The molecular weight excluding hydrogens is 683 g/mol. The number of phenols is 5. The molecule has 0 spiro atoms. The molecule has 0 atom stereocenters.